The summed E-state index contributed by atoms with van der Waals surface area (Å²) < 4.78 is 11.2. The van der Waals surface area contributed by atoms with Crippen molar-refractivity contribution in [3.63, 3.8) is 0 Å². The molecule has 0 fully saturated rings. The van der Waals surface area contributed by atoms with Gasteiger partial charge in [-0.25, -0.2) is 0 Å². The summed E-state index contributed by atoms with van der Waals surface area (Å²) in [5.41, 5.74) is 7.90. The Balaban J connectivity index is 0.00000225. The number of hydrogen-bond donors (Lipinski definition) is 2. The van der Waals surface area contributed by atoms with E-state index in [1.807, 2.05) is 42.5 Å². The minimum atomic E-state index is -0.168. The molecule has 1 heterocycles. The molecule has 0 amide bonds. The zero-order valence-electron chi connectivity index (χ0n) is 14.5. The number of nitrogens with one attached hydrogen (secondary N) is 1. The van der Waals surface area contributed by atoms with E-state index in [0.29, 0.717) is 25.7 Å². The summed E-state index contributed by atoms with van der Waals surface area (Å²) in [5.74, 6) is 2.01. The lowest BCUT2D eigenvalue weighted by Gasteiger charge is -2.26. The average molecular weight is 453 g/mol. The third-order valence-electron chi connectivity index (χ3n) is 4.01. The van der Waals surface area contributed by atoms with E-state index >= 15 is 0 Å². The SMILES string of the molecule is CC(C)(CN=C(N)Nc1ccccc1)c1ccc2c(c1)OCCO2.I. The number of para-hydroxylation sites is 1. The number of aliphatic imine (C=N–C) groups is 1. The van der Waals surface area contributed by atoms with Crippen molar-refractivity contribution in [3.05, 3.63) is 54.1 Å². The van der Waals surface area contributed by atoms with Crippen LogP contribution in [-0.2, 0) is 5.41 Å². The van der Waals surface area contributed by atoms with Crippen LogP contribution in [0.15, 0.2) is 53.5 Å². The standard InChI is InChI=1S/C19H23N3O2.HI/c1-19(2,13-21-18(20)22-15-6-4-3-5-7-15)14-8-9-16-17(12-14)24-11-10-23-16;/h3-9,12H,10-11,13H2,1-2H3,(H3,20,21,22);1H. The lowest BCUT2D eigenvalue weighted by Crippen LogP contribution is -2.28. The Morgan fingerprint density at radius 2 is 1.76 bits per heavy atom. The Kier molecular flexibility index (Phi) is 6.52. The van der Waals surface area contributed by atoms with Crippen LogP contribution in [0.1, 0.15) is 19.4 Å². The average Bonchev–Trinajstić information content (AvgIpc) is 2.60. The molecule has 0 bridgehead atoms. The Morgan fingerprint density at radius 1 is 1.08 bits per heavy atom. The summed E-state index contributed by atoms with van der Waals surface area (Å²) in [4.78, 5) is 4.49. The summed E-state index contributed by atoms with van der Waals surface area (Å²) in [5, 5.41) is 3.10. The van der Waals surface area contributed by atoms with E-state index in [-0.39, 0.29) is 29.4 Å². The fourth-order valence-corrected chi connectivity index (χ4v) is 2.55. The van der Waals surface area contributed by atoms with Gasteiger partial charge in [-0.2, -0.15) is 0 Å². The first-order valence-corrected chi connectivity index (χ1v) is 8.07. The minimum Gasteiger partial charge on any atom is -0.486 e. The number of benzene rings is 2. The van der Waals surface area contributed by atoms with Crippen LogP contribution in [0.3, 0.4) is 0 Å². The maximum absolute atomic E-state index is 6.00. The van der Waals surface area contributed by atoms with Gasteiger partial charge in [0.1, 0.15) is 13.2 Å². The number of guanidine groups is 1. The van der Waals surface area contributed by atoms with Gasteiger partial charge < -0.3 is 20.5 Å². The number of nitrogens with two attached hydrogens (primary N) is 1. The van der Waals surface area contributed by atoms with Crippen LogP contribution in [0.4, 0.5) is 5.69 Å². The van der Waals surface area contributed by atoms with Gasteiger partial charge in [0.15, 0.2) is 17.5 Å². The second kappa shape index (κ2) is 8.42. The van der Waals surface area contributed by atoms with E-state index < -0.39 is 0 Å². The molecule has 0 saturated carbocycles. The molecule has 5 nitrogen and oxygen atoms in total. The van der Waals surface area contributed by atoms with Gasteiger partial charge in [-0.05, 0) is 29.8 Å². The molecule has 0 saturated heterocycles. The molecule has 6 heteroatoms. The molecule has 0 radical (unpaired) electrons. The van der Waals surface area contributed by atoms with Gasteiger partial charge in [0.25, 0.3) is 0 Å². The quantitative estimate of drug-likeness (QED) is 0.420. The molecule has 1 aliphatic heterocycles. The van der Waals surface area contributed by atoms with Crippen molar-refractivity contribution in [1.82, 2.24) is 0 Å². The number of hydrogen-bond acceptors (Lipinski definition) is 3. The van der Waals surface area contributed by atoms with Gasteiger partial charge in [0.2, 0.25) is 0 Å². The molecule has 2 aromatic rings. The van der Waals surface area contributed by atoms with Crippen molar-refractivity contribution in [2.24, 2.45) is 10.7 Å². The fourth-order valence-electron chi connectivity index (χ4n) is 2.55. The summed E-state index contributed by atoms with van der Waals surface area (Å²) in [6.07, 6.45) is 0. The van der Waals surface area contributed by atoms with E-state index in [4.69, 9.17) is 15.2 Å². The monoisotopic (exact) mass is 453 g/mol. The van der Waals surface area contributed by atoms with Crippen molar-refractivity contribution in [3.8, 4) is 11.5 Å². The van der Waals surface area contributed by atoms with E-state index in [0.717, 1.165) is 22.7 Å². The molecule has 25 heavy (non-hydrogen) atoms. The van der Waals surface area contributed by atoms with Gasteiger partial charge in [0, 0.05) is 11.1 Å². The van der Waals surface area contributed by atoms with Crippen LogP contribution in [0.5, 0.6) is 11.5 Å². The molecule has 3 rings (SSSR count). The smallest absolute Gasteiger partial charge is 0.193 e. The minimum absolute atomic E-state index is 0. The molecule has 0 unspecified atom stereocenters. The van der Waals surface area contributed by atoms with Crippen molar-refractivity contribution in [1.29, 1.82) is 0 Å². The lowest BCUT2D eigenvalue weighted by molar-refractivity contribution is 0.171. The predicted molar refractivity (Wildman–Crippen MR) is 112 cm³/mol. The number of fused-ring (bicyclic) bond motifs is 1. The van der Waals surface area contributed by atoms with Crippen LogP contribution in [0.25, 0.3) is 0 Å². The van der Waals surface area contributed by atoms with Gasteiger partial charge >= 0.3 is 0 Å². The van der Waals surface area contributed by atoms with Gasteiger partial charge in [0.05, 0.1) is 6.54 Å². The topological polar surface area (TPSA) is 68.9 Å². The summed E-state index contributed by atoms with van der Waals surface area (Å²) in [6.45, 7) is 6.03. The zero-order valence-corrected chi connectivity index (χ0v) is 16.8. The van der Waals surface area contributed by atoms with Gasteiger partial charge in [-0.15, -0.1) is 24.0 Å². The summed E-state index contributed by atoms with van der Waals surface area (Å²) in [6, 6.07) is 15.8. The van der Waals surface area contributed by atoms with Crippen LogP contribution in [-0.4, -0.2) is 25.7 Å². The highest BCUT2D eigenvalue weighted by atomic mass is 127. The highest BCUT2D eigenvalue weighted by molar-refractivity contribution is 14.0. The molecular formula is C19H24IN3O2. The predicted octanol–water partition coefficient (Wildman–Crippen LogP) is 3.78. The molecule has 0 atom stereocenters. The van der Waals surface area contributed by atoms with Crippen molar-refractivity contribution < 1.29 is 9.47 Å². The largest absolute Gasteiger partial charge is 0.486 e. The van der Waals surface area contributed by atoms with Crippen molar-refractivity contribution >= 4 is 35.6 Å². The van der Waals surface area contributed by atoms with Crippen molar-refractivity contribution in [2.75, 3.05) is 25.1 Å². The second-order valence-electron chi connectivity index (χ2n) is 6.43. The van der Waals surface area contributed by atoms with E-state index in [9.17, 15) is 0 Å². The third-order valence-corrected chi connectivity index (χ3v) is 4.01. The first kappa shape index (κ1) is 19.4. The normalized spacial score (nSPS) is 13.8. The van der Waals surface area contributed by atoms with E-state index in [1.54, 1.807) is 0 Å². The number of ether oxygens (including phenoxy) is 2. The van der Waals surface area contributed by atoms with Crippen LogP contribution < -0.4 is 20.5 Å². The summed E-state index contributed by atoms with van der Waals surface area (Å²) in [7, 11) is 0. The third kappa shape index (κ3) is 5.01. The highest BCUT2D eigenvalue weighted by Crippen LogP contribution is 2.35. The number of anilines is 1. The van der Waals surface area contributed by atoms with Gasteiger partial charge in [-0.3, -0.25) is 4.99 Å². The van der Waals surface area contributed by atoms with E-state index in [1.165, 1.54) is 0 Å². The lowest BCUT2D eigenvalue weighted by atomic mass is 9.84. The Labute approximate surface area is 165 Å². The molecule has 3 N–H and O–H groups in total. The number of halogens is 1. The van der Waals surface area contributed by atoms with Crippen LogP contribution in [0, 0.1) is 0 Å². The molecule has 134 valence electrons. The highest BCUT2D eigenvalue weighted by Gasteiger charge is 2.23. The van der Waals surface area contributed by atoms with E-state index in [2.05, 4.69) is 30.2 Å². The van der Waals surface area contributed by atoms with Crippen molar-refractivity contribution in [2.45, 2.75) is 19.3 Å². The number of rotatable bonds is 4. The Hall–Kier alpha value is -1.96. The number of nitrogens with zero attached hydrogens (tertiary/aromatic N) is 1. The Morgan fingerprint density at radius 3 is 2.48 bits per heavy atom. The summed E-state index contributed by atoms with van der Waals surface area (Å²) >= 11 is 0. The van der Waals surface area contributed by atoms with Crippen LogP contribution >= 0.6 is 24.0 Å². The molecular weight excluding hydrogens is 429 g/mol. The molecule has 1 aliphatic rings. The maximum atomic E-state index is 6.00. The first-order valence-electron chi connectivity index (χ1n) is 8.07. The van der Waals surface area contributed by atoms with Crippen LogP contribution in [0.2, 0.25) is 0 Å². The molecule has 0 aliphatic carbocycles. The fraction of sp³-hybridized carbons (Fsp3) is 0.316. The zero-order chi connectivity index (χ0) is 17.0. The molecule has 2 aromatic carbocycles. The Bertz CT molecular complexity index is 733. The second-order valence-corrected chi connectivity index (χ2v) is 6.43. The maximum Gasteiger partial charge on any atom is 0.193 e. The van der Waals surface area contributed by atoms with Gasteiger partial charge in [-0.1, -0.05) is 38.1 Å². The molecule has 0 spiro atoms. The first-order chi connectivity index (χ1) is 11.5. The molecule has 0 aromatic heterocycles.